The van der Waals surface area contributed by atoms with E-state index >= 15 is 0 Å². The Bertz CT molecular complexity index is 288. The van der Waals surface area contributed by atoms with Gasteiger partial charge in [-0.15, -0.1) is 0 Å². The minimum Gasteiger partial charge on any atom is -0.330 e. The fourth-order valence-electron chi connectivity index (χ4n) is 1.16. The first-order chi connectivity index (χ1) is 6.13. The van der Waals surface area contributed by atoms with Crippen LogP contribution in [0.5, 0.6) is 0 Å². The number of nitrogens with two attached hydrogens (primary N) is 1. The first-order valence-corrected chi connectivity index (χ1v) is 5.06. The Hall–Kier alpha value is -0.410. The van der Waals surface area contributed by atoms with Crippen LogP contribution in [-0.4, -0.2) is 6.54 Å². The van der Waals surface area contributed by atoms with E-state index in [2.05, 4.69) is 22.9 Å². The van der Waals surface area contributed by atoms with Crippen LogP contribution < -0.4 is 5.73 Å². The topological polar surface area (TPSA) is 26.0 Å². The molecule has 2 N–H and O–H groups in total. The standard InChI is InChI=1S/C10H13BrFN/c1-7(6-13)4-8-5-9(12)2-3-10(8)11/h2-3,5,7H,4,6,13H2,1H3. The molecule has 1 aromatic carbocycles. The highest BCUT2D eigenvalue weighted by Gasteiger charge is 2.05. The van der Waals surface area contributed by atoms with Crippen molar-refractivity contribution in [2.75, 3.05) is 6.54 Å². The zero-order valence-corrected chi connectivity index (χ0v) is 9.14. The van der Waals surface area contributed by atoms with Gasteiger partial charge < -0.3 is 5.73 Å². The van der Waals surface area contributed by atoms with Crippen LogP contribution in [0, 0.1) is 11.7 Å². The van der Waals surface area contributed by atoms with Crippen molar-refractivity contribution < 1.29 is 4.39 Å². The minimum atomic E-state index is -0.192. The summed E-state index contributed by atoms with van der Waals surface area (Å²) in [7, 11) is 0. The second kappa shape index (κ2) is 4.72. The molecule has 0 radical (unpaired) electrons. The number of rotatable bonds is 3. The summed E-state index contributed by atoms with van der Waals surface area (Å²) in [5, 5.41) is 0. The summed E-state index contributed by atoms with van der Waals surface area (Å²) in [5.74, 6) is 0.195. The predicted molar refractivity (Wildman–Crippen MR) is 56.0 cm³/mol. The van der Waals surface area contributed by atoms with E-state index in [9.17, 15) is 4.39 Å². The van der Waals surface area contributed by atoms with Gasteiger partial charge in [-0.2, -0.15) is 0 Å². The van der Waals surface area contributed by atoms with Gasteiger partial charge in [-0.05, 0) is 42.6 Å². The monoisotopic (exact) mass is 245 g/mol. The van der Waals surface area contributed by atoms with E-state index in [-0.39, 0.29) is 5.82 Å². The lowest BCUT2D eigenvalue weighted by Crippen LogP contribution is -2.13. The van der Waals surface area contributed by atoms with Crippen molar-refractivity contribution in [2.24, 2.45) is 11.7 Å². The largest absolute Gasteiger partial charge is 0.330 e. The van der Waals surface area contributed by atoms with Crippen molar-refractivity contribution in [2.45, 2.75) is 13.3 Å². The third kappa shape index (κ3) is 3.08. The van der Waals surface area contributed by atoms with Crippen LogP contribution in [0.3, 0.4) is 0 Å². The van der Waals surface area contributed by atoms with E-state index in [1.165, 1.54) is 6.07 Å². The summed E-state index contributed by atoms with van der Waals surface area (Å²) >= 11 is 3.38. The lowest BCUT2D eigenvalue weighted by molar-refractivity contribution is 0.582. The summed E-state index contributed by atoms with van der Waals surface area (Å²) in [5.41, 5.74) is 6.48. The molecule has 0 spiro atoms. The van der Waals surface area contributed by atoms with E-state index in [0.717, 1.165) is 16.5 Å². The molecule has 1 aromatic rings. The Morgan fingerprint density at radius 2 is 2.23 bits per heavy atom. The molecular formula is C10H13BrFN. The van der Waals surface area contributed by atoms with Crippen LogP contribution in [0.15, 0.2) is 22.7 Å². The summed E-state index contributed by atoms with van der Waals surface area (Å²) in [6.45, 7) is 2.68. The molecule has 0 aliphatic rings. The second-order valence-electron chi connectivity index (χ2n) is 3.28. The van der Waals surface area contributed by atoms with Gasteiger partial charge in [0.1, 0.15) is 5.82 Å². The first-order valence-electron chi connectivity index (χ1n) is 4.27. The van der Waals surface area contributed by atoms with Crippen molar-refractivity contribution in [3.05, 3.63) is 34.1 Å². The number of hydrogen-bond donors (Lipinski definition) is 1. The Labute approximate surface area is 86.3 Å². The maximum atomic E-state index is 12.8. The molecule has 0 bridgehead atoms. The molecule has 0 amide bonds. The van der Waals surface area contributed by atoms with Gasteiger partial charge in [0.25, 0.3) is 0 Å². The van der Waals surface area contributed by atoms with Crippen molar-refractivity contribution in [1.82, 2.24) is 0 Å². The molecule has 13 heavy (non-hydrogen) atoms. The van der Waals surface area contributed by atoms with Crippen molar-refractivity contribution >= 4 is 15.9 Å². The Balaban J connectivity index is 2.81. The molecule has 1 unspecified atom stereocenters. The van der Waals surface area contributed by atoms with Crippen molar-refractivity contribution in [3.63, 3.8) is 0 Å². The number of halogens is 2. The summed E-state index contributed by atoms with van der Waals surface area (Å²) in [6.07, 6.45) is 0.814. The van der Waals surface area contributed by atoms with E-state index < -0.39 is 0 Å². The number of hydrogen-bond acceptors (Lipinski definition) is 1. The van der Waals surface area contributed by atoms with Gasteiger partial charge >= 0.3 is 0 Å². The summed E-state index contributed by atoms with van der Waals surface area (Å²) in [6, 6.07) is 4.73. The fourth-order valence-corrected chi connectivity index (χ4v) is 1.57. The van der Waals surface area contributed by atoms with Crippen LogP contribution in [0.2, 0.25) is 0 Å². The van der Waals surface area contributed by atoms with Gasteiger partial charge in [-0.3, -0.25) is 0 Å². The molecule has 0 saturated carbocycles. The average Bonchev–Trinajstić information content (AvgIpc) is 2.11. The minimum absolute atomic E-state index is 0.192. The zero-order chi connectivity index (χ0) is 9.84. The van der Waals surface area contributed by atoms with Gasteiger partial charge in [-0.25, -0.2) is 4.39 Å². The molecular weight excluding hydrogens is 233 g/mol. The van der Waals surface area contributed by atoms with E-state index in [4.69, 9.17) is 5.73 Å². The summed E-state index contributed by atoms with van der Waals surface area (Å²) < 4.78 is 13.8. The lowest BCUT2D eigenvalue weighted by Gasteiger charge is -2.09. The molecule has 0 aliphatic heterocycles. The highest BCUT2D eigenvalue weighted by molar-refractivity contribution is 9.10. The van der Waals surface area contributed by atoms with E-state index in [0.29, 0.717) is 12.5 Å². The van der Waals surface area contributed by atoms with Gasteiger partial charge in [0, 0.05) is 4.47 Å². The second-order valence-corrected chi connectivity index (χ2v) is 4.14. The van der Waals surface area contributed by atoms with E-state index in [1.54, 1.807) is 12.1 Å². The molecule has 0 aliphatic carbocycles. The zero-order valence-electron chi connectivity index (χ0n) is 7.56. The van der Waals surface area contributed by atoms with E-state index in [1.807, 2.05) is 0 Å². The molecule has 3 heteroatoms. The average molecular weight is 246 g/mol. The molecule has 1 rings (SSSR count). The van der Waals surface area contributed by atoms with Crippen LogP contribution in [0.4, 0.5) is 4.39 Å². The maximum absolute atomic E-state index is 12.8. The maximum Gasteiger partial charge on any atom is 0.123 e. The molecule has 72 valence electrons. The normalized spacial score (nSPS) is 12.9. The fraction of sp³-hybridized carbons (Fsp3) is 0.400. The SMILES string of the molecule is CC(CN)Cc1cc(F)ccc1Br. The van der Waals surface area contributed by atoms with Crippen molar-refractivity contribution in [3.8, 4) is 0 Å². The lowest BCUT2D eigenvalue weighted by atomic mass is 10.0. The molecule has 0 saturated heterocycles. The molecule has 0 aromatic heterocycles. The van der Waals surface area contributed by atoms with Crippen LogP contribution in [0.1, 0.15) is 12.5 Å². The first kappa shape index (κ1) is 10.7. The molecule has 1 nitrogen and oxygen atoms in total. The molecule has 1 atom stereocenters. The summed E-state index contributed by atoms with van der Waals surface area (Å²) in [4.78, 5) is 0. The third-order valence-electron chi connectivity index (χ3n) is 1.98. The van der Waals surface area contributed by atoms with Crippen LogP contribution in [-0.2, 0) is 6.42 Å². The van der Waals surface area contributed by atoms with Gasteiger partial charge in [0.05, 0.1) is 0 Å². The highest BCUT2D eigenvalue weighted by atomic mass is 79.9. The Morgan fingerprint density at radius 3 is 2.85 bits per heavy atom. The van der Waals surface area contributed by atoms with Gasteiger partial charge in [0.15, 0.2) is 0 Å². The molecule has 0 heterocycles. The predicted octanol–water partition coefficient (Wildman–Crippen LogP) is 2.73. The van der Waals surface area contributed by atoms with Crippen molar-refractivity contribution in [1.29, 1.82) is 0 Å². The van der Waals surface area contributed by atoms with Gasteiger partial charge in [0.2, 0.25) is 0 Å². The third-order valence-corrected chi connectivity index (χ3v) is 2.75. The molecule has 0 fully saturated rings. The highest BCUT2D eigenvalue weighted by Crippen LogP contribution is 2.20. The van der Waals surface area contributed by atoms with Crippen LogP contribution >= 0.6 is 15.9 Å². The Kier molecular flexibility index (Phi) is 3.88. The Morgan fingerprint density at radius 1 is 1.54 bits per heavy atom. The van der Waals surface area contributed by atoms with Crippen LogP contribution in [0.25, 0.3) is 0 Å². The number of benzene rings is 1. The van der Waals surface area contributed by atoms with Gasteiger partial charge in [-0.1, -0.05) is 22.9 Å². The quantitative estimate of drug-likeness (QED) is 0.871. The smallest absolute Gasteiger partial charge is 0.123 e.